The summed E-state index contributed by atoms with van der Waals surface area (Å²) >= 11 is 0. The smallest absolute Gasteiger partial charge is 0.344 e. The van der Waals surface area contributed by atoms with Crippen LogP contribution in [0.5, 0.6) is 0 Å². The molecule has 0 fully saturated rings. The Morgan fingerprint density at radius 1 is 0.691 bits per heavy atom. The molecule has 4 aromatic carbocycles. The highest BCUT2D eigenvalue weighted by Gasteiger charge is 2.46. The van der Waals surface area contributed by atoms with Gasteiger partial charge in [0.05, 0.1) is 28.4 Å². The van der Waals surface area contributed by atoms with E-state index in [1.807, 2.05) is 63.0 Å². The first-order valence-corrected chi connectivity index (χ1v) is 30.0. The molecular formula is C45H61N4O14PS4+2. The van der Waals surface area contributed by atoms with Gasteiger partial charge in [-0.2, -0.15) is 44.1 Å². The predicted molar refractivity (Wildman–Crippen MR) is 265 cm³/mol. The SMILES string of the molecule is CC1(C)C(/C=C/C=C2/N(CCCCS(=O)(=O)O)c3ccc4c(S(=O)(=O)O)cccc4c3C2(C)C)=[N+](CCCCS(=O)(=O)O)c2ccc3c(S(=O)(=O)NCCCCCCO[P+](N)(O)O)cccc3c21. The third kappa shape index (κ3) is 12.4. The van der Waals surface area contributed by atoms with Gasteiger partial charge in [-0.25, -0.2) is 13.1 Å². The monoisotopic (exact) mass is 1040 g/mol. The van der Waals surface area contributed by atoms with E-state index in [1.165, 1.54) is 6.07 Å². The van der Waals surface area contributed by atoms with Gasteiger partial charge < -0.3 is 4.90 Å². The number of benzene rings is 4. The number of hydrogen-bond donors (Lipinski definition) is 7. The molecule has 0 aromatic heterocycles. The minimum atomic E-state index is -4.58. The third-order valence-electron chi connectivity index (χ3n) is 12.5. The van der Waals surface area contributed by atoms with E-state index in [2.05, 4.69) is 9.30 Å². The molecule has 0 saturated carbocycles. The van der Waals surface area contributed by atoms with Gasteiger partial charge in [0.2, 0.25) is 15.7 Å². The lowest BCUT2D eigenvalue weighted by Crippen LogP contribution is -2.29. The van der Waals surface area contributed by atoms with Gasteiger partial charge in [-0.3, -0.25) is 13.7 Å². The van der Waals surface area contributed by atoms with Gasteiger partial charge in [-0.15, -0.1) is 5.50 Å². The summed E-state index contributed by atoms with van der Waals surface area (Å²) in [6, 6.07) is 16.8. The highest BCUT2D eigenvalue weighted by Crippen LogP contribution is 2.52. The van der Waals surface area contributed by atoms with Crippen LogP contribution in [0.2, 0.25) is 0 Å². The van der Waals surface area contributed by atoms with E-state index >= 15 is 0 Å². The molecule has 68 heavy (non-hydrogen) atoms. The summed E-state index contributed by atoms with van der Waals surface area (Å²) in [5.74, 6) is -0.846. The first-order valence-electron chi connectivity index (χ1n) is 22.1. The summed E-state index contributed by atoms with van der Waals surface area (Å²) in [7, 11) is -20.8. The molecule has 0 saturated heterocycles. The predicted octanol–water partition coefficient (Wildman–Crippen LogP) is 6.67. The second-order valence-corrected chi connectivity index (χ2v) is 25.9. The Kier molecular flexibility index (Phi) is 16.2. The van der Waals surface area contributed by atoms with Gasteiger partial charge in [0.1, 0.15) is 11.4 Å². The number of nitrogens with zero attached hydrogens (tertiary/aromatic N) is 2. The molecule has 0 spiro atoms. The molecule has 18 nitrogen and oxygen atoms in total. The fourth-order valence-corrected chi connectivity index (χ4v) is 13.1. The molecule has 6 rings (SSSR count). The molecule has 372 valence electrons. The number of sulfonamides is 1. The van der Waals surface area contributed by atoms with Crippen LogP contribution in [-0.2, 0) is 55.7 Å². The van der Waals surface area contributed by atoms with Crippen LogP contribution in [0.3, 0.4) is 0 Å². The van der Waals surface area contributed by atoms with Crippen molar-refractivity contribution in [3.8, 4) is 0 Å². The number of fused-ring (bicyclic) bond motifs is 6. The van der Waals surface area contributed by atoms with Crippen molar-refractivity contribution in [2.75, 3.05) is 42.6 Å². The largest absolute Gasteiger partial charge is 0.493 e. The second kappa shape index (κ2) is 20.5. The zero-order chi connectivity index (χ0) is 50.1. The van der Waals surface area contributed by atoms with Gasteiger partial charge in [-0.05, 0) is 92.6 Å². The number of nitrogens with two attached hydrogens (primary N) is 1. The van der Waals surface area contributed by atoms with Crippen LogP contribution >= 0.6 is 8.09 Å². The average molecular weight is 1040 g/mol. The van der Waals surface area contributed by atoms with Crippen LogP contribution < -0.4 is 15.1 Å². The summed E-state index contributed by atoms with van der Waals surface area (Å²) in [6.07, 6.45) is 9.24. The first-order chi connectivity index (χ1) is 31.5. The third-order valence-corrected chi connectivity index (χ3v) is 17.1. The molecule has 0 aliphatic carbocycles. The van der Waals surface area contributed by atoms with Crippen molar-refractivity contribution in [2.24, 2.45) is 5.50 Å². The molecule has 2 aliphatic heterocycles. The maximum absolute atomic E-state index is 13.8. The van der Waals surface area contributed by atoms with E-state index in [-0.39, 0.29) is 35.8 Å². The van der Waals surface area contributed by atoms with Crippen LogP contribution in [0.25, 0.3) is 21.5 Å². The van der Waals surface area contributed by atoms with Crippen LogP contribution in [0.15, 0.2) is 94.4 Å². The number of anilines is 1. The fourth-order valence-electron chi connectivity index (χ4n) is 9.53. The van der Waals surface area contributed by atoms with Crippen LogP contribution in [0.4, 0.5) is 11.4 Å². The van der Waals surface area contributed by atoms with E-state index in [0.717, 1.165) is 33.9 Å². The molecule has 2 aliphatic rings. The van der Waals surface area contributed by atoms with E-state index in [0.29, 0.717) is 73.2 Å². The molecular weight excluding hydrogens is 980 g/mol. The van der Waals surface area contributed by atoms with Crippen LogP contribution in [0, 0.1) is 0 Å². The molecule has 23 heteroatoms. The number of nitrogens with one attached hydrogen (secondary N) is 1. The lowest BCUT2D eigenvalue weighted by molar-refractivity contribution is -0.438. The summed E-state index contributed by atoms with van der Waals surface area (Å²) in [5.41, 5.74) is 8.38. The summed E-state index contributed by atoms with van der Waals surface area (Å²) in [6.45, 7) is 8.96. The van der Waals surface area contributed by atoms with Crippen LogP contribution in [-0.4, -0.2) is 105 Å². The van der Waals surface area contributed by atoms with Gasteiger partial charge >= 0.3 is 8.09 Å². The quantitative estimate of drug-likeness (QED) is 0.0177. The molecule has 0 radical (unpaired) electrons. The highest BCUT2D eigenvalue weighted by molar-refractivity contribution is 7.89. The summed E-state index contributed by atoms with van der Waals surface area (Å²) < 4.78 is 138. The summed E-state index contributed by atoms with van der Waals surface area (Å²) in [5, 5.41) is 2.14. The zero-order valence-electron chi connectivity index (χ0n) is 38.4. The van der Waals surface area contributed by atoms with E-state index < -0.39 is 70.8 Å². The van der Waals surface area contributed by atoms with Crippen molar-refractivity contribution >= 4 is 87.1 Å². The lowest BCUT2D eigenvalue weighted by Gasteiger charge is -2.27. The van der Waals surface area contributed by atoms with Crippen molar-refractivity contribution in [1.82, 2.24) is 4.72 Å². The molecule has 0 bridgehead atoms. The Hall–Kier alpha value is -3.74. The molecule has 4 aromatic rings. The van der Waals surface area contributed by atoms with Crippen molar-refractivity contribution in [1.29, 1.82) is 0 Å². The minimum Gasteiger partial charge on any atom is -0.344 e. The molecule has 0 unspecified atom stereocenters. The van der Waals surface area contributed by atoms with E-state index in [1.54, 1.807) is 42.5 Å². The van der Waals surface area contributed by atoms with Crippen molar-refractivity contribution in [3.05, 3.63) is 95.7 Å². The van der Waals surface area contributed by atoms with E-state index in [4.69, 9.17) is 10.0 Å². The highest BCUT2D eigenvalue weighted by atomic mass is 32.2. The van der Waals surface area contributed by atoms with Crippen molar-refractivity contribution in [3.63, 3.8) is 0 Å². The van der Waals surface area contributed by atoms with Crippen LogP contribution in [0.1, 0.15) is 90.2 Å². The average Bonchev–Trinajstić information content (AvgIpc) is 3.58. The van der Waals surface area contributed by atoms with Crippen molar-refractivity contribution in [2.45, 2.75) is 99.7 Å². The number of rotatable bonds is 23. The Bertz CT molecular complexity index is 3130. The Morgan fingerprint density at radius 3 is 1.91 bits per heavy atom. The second-order valence-electron chi connectivity index (χ2n) is 18.2. The van der Waals surface area contributed by atoms with Gasteiger partial charge in [0.15, 0.2) is 5.71 Å². The fraction of sp³-hybridized carbons (Fsp3) is 0.444. The maximum atomic E-state index is 13.8. The standard InChI is InChI=1S/C45H59N4O14PS4/c1-44(2)40(20-15-21-41-45(3,4)43-35-17-14-19-39(68(60,61)62)33(35)23-25-37(43)49(41)28-9-12-31-66(55,56)57)48(27-8-11-30-65(52,53)54)36-24-22-32-34(42(36)44)16-13-18-38(32)67(58,59)47-26-7-5-6-10-29-63-64(46,50)51/h13-25,47,50-51H,5-12,26-31,46H2,1-4H3,(H-2,52,53,54,55,56,57,60,61,62)/p+2. The molecule has 0 atom stereocenters. The summed E-state index contributed by atoms with van der Waals surface area (Å²) in [4.78, 5) is 20.3. The van der Waals surface area contributed by atoms with Gasteiger partial charge in [0.25, 0.3) is 30.4 Å². The Morgan fingerprint density at radius 2 is 1.28 bits per heavy atom. The first kappa shape index (κ1) is 53.6. The topological polar surface area (TPSA) is 291 Å². The molecule has 2 heterocycles. The lowest BCUT2D eigenvalue weighted by atomic mass is 9.79. The van der Waals surface area contributed by atoms with Gasteiger partial charge in [-0.1, -0.05) is 63.1 Å². The molecule has 8 N–H and O–H groups in total. The normalized spacial score (nSPS) is 17.0. The number of hydrogen-bond acceptors (Lipinski definition) is 13. The van der Waals surface area contributed by atoms with E-state index in [9.17, 15) is 57.1 Å². The number of unbranched alkanes of at least 4 members (excludes halogenated alkanes) is 5. The number of allylic oxidation sites excluding steroid dienone is 4. The van der Waals surface area contributed by atoms with Crippen molar-refractivity contribution < 1.29 is 66.2 Å². The Balaban J connectivity index is 1.37. The maximum Gasteiger partial charge on any atom is 0.493 e. The molecule has 0 amide bonds. The minimum absolute atomic E-state index is 0.0756. The Labute approximate surface area is 399 Å². The zero-order valence-corrected chi connectivity index (χ0v) is 42.5. The van der Waals surface area contributed by atoms with Gasteiger partial charge in [0, 0.05) is 64.8 Å².